The number of hydrogen-bond acceptors (Lipinski definition) is 6. The molecule has 92 valence electrons. The molecule has 2 heterocycles. The number of nitrogens with one attached hydrogen (secondary N) is 1. The molecule has 0 radical (unpaired) electrons. The standard InChI is InChI=1S/C12H13N5S/c1-12(2,3)9-7-18-11(16-9)17-10-14-5-4-8(6-13)15-10/h4-5,7H,1-3H3,(H,14,15,16,17). The number of hydrogen-bond donors (Lipinski definition) is 1. The van der Waals surface area contributed by atoms with Crippen LogP contribution in [0.1, 0.15) is 32.2 Å². The van der Waals surface area contributed by atoms with E-state index in [0.717, 1.165) is 10.8 Å². The van der Waals surface area contributed by atoms with Crippen molar-refractivity contribution in [3.8, 4) is 6.07 Å². The Kier molecular flexibility index (Phi) is 3.26. The van der Waals surface area contributed by atoms with E-state index in [1.165, 1.54) is 11.3 Å². The van der Waals surface area contributed by atoms with Gasteiger partial charge in [-0.25, -0.2) is 15.0 Å². The molecule has 1 N–H and O–H groups in total. The molecule has 0 saturated carbocycles. The first kappa shape index (κ1) is 12.5. The van der Waals surface area contributed by atoms with Gasteiger partial charge in [0.15, 0.2) is 5.13 Å². The zero-order valence-electron chi connectivity index (χ0n) is 10.4. The summed E-state index contributed by atoms with van der Waals surface area (Å²) >= 11 is 1.50. The molecule has 0 aliphatic rings. The van der Waals surface area contributed by atoms with Gasteiger partial charge in [-0.2, -0.15) is 5.26 Å². The normalized spacial score (nSPS) is 11.0. The Bertz CT molecular complexity index is 591. The summed E-state index contributed by atoms with van der Waals surface area (Å²) < 4.78 is 0. The van der Waals surface area contributed by atoms with Crippen molar-refractivity contribution < 1.29 is 0 Å². The molecule has 0 unspecified atom stereocenters. The molecule has 2 rings (SSSR count). The van der Waals surface area contributed by atoms with E-state index in [9.17, 15) is 0 Å². The summed E-state index contributed by atoms with van der Waals surface area (Å²) in [5.41, 5.74) is 1.37. The molecule has 0 aliphatic heterocycles. The lowest BCUT2D eigenvalue weighted by molar-refractivity contribution is 0.573. The molecule has 0 bridgehead atoms. The van der Waals surface area contributed by atoms with Gasteiger partial charge in [0.25, 0.3) is 0 Å². The molecule has 2 aromatic heterocycles. The third kappa shape index (κ3) is 2.81. The zero-order chi connectivity index (χ0) is 13.2. The lowest BCUT2D eigenvalue weighted by Crippen LogP contribution is -2.11. The van der Waals surface area contributed by atoms with E-state index in [1.807, 2.05) is 11.4 Å². The number of nitrogens with zero attached hydrogens (tertiary/aromatic N) is 4. The van der Waals surface area contributed by atoms with E-state index in [0.29, 0.717) is 11.6 Å². The fourth-order valence-corrected chi connectivity index (χ4v) is 2.18. The van der Waals surface area contributed by atoms with Crippen LogP contribution in [0.3, 0.4) is 0 Å². The van der Waals surface area contributed by atoms with Gasteiger partial charge < -0.3 is 5.32 Å². The predicted octanol–water partition coefficient (Wildman–Crippen LogP) is 2.85. The van der Waals surface area contributed by atoms with Gasteiger partial charge in [-0.05, 0) is 6.07 Å². The van der Waals surface area contributed by atoms with Gasteiger partial charge in [-0.3, -0.25) is 0 Å². The molecule has 0 atom stereocenters. The Morgan fingerprint density at radius 1 is 1.33 bits per heavy atom. The third-order valence-electron chi connectivity index (χ3n) is 2.26. The molecule has 0 aromatic carbocycles. The smallest absolute Gasteiger partial charge is 0.230 e. The highest BCUT2D eigenvalue weighted by Gasteiger charge is 2.17. The summed E-state index contributed by atoms with van der Waals surface area (Å²) in [6, 6.07) is 3.54. The quantitative estimate of drug-likeness (QED) is 0.897. The average molecular weight is 259 g/mol. The van der Waals surface area contributed by atoms with Gasteiger partial charge in [0.1, 0.15) is 11.8 Å². The summed E-state index contributed by atoms with van der Waals surface area (Å²) in [4.78, 5) is 12.6. The van der Waals surface area contributed by atoms with E-state index in [1.54, 1.807) is 12.3 Å². The second-order valence-electron chi connectivity index (χ2n) is 4.79. The highest BCUT2D eigenvalue weighted by atomic mass is 32.1. The van der Waals surface area contributed by atoms with Crippen LogP contribution < -0.4 is 5.32 Å². The van der Waals surface area contributed by atoms with Crippen molar-refractivity contribution in [2.45, 2.75) is 26.2 Å². The van der Waals surface area contributed by atoms with Crippen molar-refractivity contribution in [2.24, 2.45) is 0 Å². The SMILES string of the molecule is CC(C)(C)c1csc(Nc2nccc(C#N)n2)n1. The molecule has 0 amide bonds. The first-order chi connectivity index (χ1) is 8.49. The number of thiazole rings is 1. The fraction of sp³-hybridized carbons (Fsp3) is 0.333. The first-order valence-corrected chi connectivity index (χ1v) is 6.33. The molecule has 5 nitrogen and oxygen atoms in total. The zero-order valence-corrected chi connectivity index (χ0v) is 11.2. The predicted molar refractivity (Wildman–Crippen MR) is 70.8 cm³/mol. The lowest BCUT2D eigenvalue weighted by Gasteiger charge is -2.14. The molecule has 6 heteroatoms. The highest BCUT2D eigenvalue weighted by Crippen LogP contribution is 2.27. The van der Waals surface area contributed by atoms with Gasteiger partial charge in [0.05, 0.1) is 5.69 Å². The number of anilines is 2. The summed E-state index contributed by atoms with van der Waals surface area (Å²) in [7, 11) is 0. The van der Waals surface area contributed by atoms with E-state index < -0.39 is 0 Å². The second kappa shape index (κ2) is 4.70. The number of rotatable bonds is 2. The molecule has 0 spiro atoms. The van der Waals surface area contributed by atoms with Crippen LogP contribution in [0.2, 0.25) is 0 Å². The minimum atomic E-state index is 0.0196. The van der Waals surface area contributed by atoms with Crippen molar-refractivity contribution in [1.82, 2.24) is 15.0 Å². The van der Waals surface area contributed by atoms with E-state index in [2.05, 4.69) is 41.0 Å². The van der Waals surface area contributed by atoms with Crippen LogP contribution in [0.5, 0.6) is 0 Å². The van der Waals surface area contributed by atoms with Gasteiger partial charge in [-0.1, -0.05) is 20.8 Å². The van der Waals surface area contributed by atoms with Crippen LogP contribution in [0, 0.1) is 11.3 Å². The largest absolute Gasteiger partial charge is 0.300 e. The van der Waals surface area contributed by atoms with Crippen molar-refractivity contribution in [3.05, 3.63) is 29.0 Å². The van der Waals surface area contributed by atoms with Crippen LogP contribution >= 0.6 is 11.3 Å². The Hall–Kier alpha value is -2.00. The number of nitriles is 1. The van der Waals surface area contributed by atoms with Crippen LogP contribution in [0.25, 0.3) is 0 Å². The second-order valence-corrected chi connectivity index (χ2v) is 5.65. The average Bonchev–Trinajstić information content (AvgIpc) is 2.77. The van der Waals surface area contributed by atoms with E-state index >= 15 is 0 Å². The van der Waals surface area contributed by atoms with Crippen LogP contribution in [-0.4, -0.2) is 15.0 Å². The van der Waals surface area contributed by atoms with E-state index in [-0.39, 0.29) is 5.41 Å². The van der Waals surface area contributed by atoms with Gasteiger partial charge in [0, 0.05) is 17.0 Å². The van der Waals surface area contributed by atoms with Crippen LogP contribution in [0.15, 0.2) is 17.6 Å². The summed E-state index contributed by atoms with van der Waals surface area (Å²) in [6.45, 7) is 6.33. The van der Waals surface area contributed by atoms with Crippen molar-refractivity contribution in [3.63, 3.8) is 0 Å². The van der Waals surface area contributed by atoms with Gasteiger partial charge in [0.2, 0.25) is 5.95 Å². The monoisotopic (exact) mass is 259 g/mol. The molecule has 0 fully saturated rings. The minimum Gasteiger partial charge on any atom is -0.300 e. The molecule has 18 heavy (non-hydrogen) atoms. The first-order valence-electron chi connectivity index (χ1n) is 5.45. The molecule has 0 aliphatic carbocycles. The minimum absolute atomic E-state index is 0.0196. The summed E-state index contributed by atoms with van der Waals surface area (Å²) in [5.74, 6) is 0.392. The Labute approximate surface area is 110 Å². The Morgan fingerprint density at radius 2 is 2.11 bits per heavy atom. The van der Waals surface area contributed by atoms with Crippen molar-refractivity contribution in [2.75, 3.05) is 5.32 Å². The molecule has 0 saturated heterocycles. The van der Waals surface area contributed by atoms with Crippen molar-refractivity contribution >= 4 is 22.4 Å². The van der Waals surface area contributed by atoms with Crippen LogP contribution in [0.4, 0.5) is 11.1 Å². The van der Waals surface area contributed by atoms with Gasteiger partial charge >= 0.3 is 0 Å². The maximum atomic E-state index is 8.76. The third-order valence-corrected chi connectivity index (χ3v) is 3.02. The van der Waals surface area contributed by atoms with Gasteiger partial charge in [-0.15, -0.1) is 11.3 Å². The highest BCUT2D eigenvalue weighted by molar-refractivity contribution is 7.13. The molecular weight excluding hydrogens is 246 g/mol. The molecular formula is C12H13N5S. The maximum absolute atomic E-state index is 8.76. The van der Waals surface area contributed by atoms with Crippen molar-refractivity contribution in [1.29, 1.82) is 5.26 Å². The Morgan fingerprint density at radius 3 is 2.72 bits per heavy atom. The summed E-state index contributed by atoms with van der Waals surface area (Å²) in [6.07, 6.45) is 1.55. The topological polar surface area (TPSA) is 74.5 Å². The maximum Gasteiger partial charge on any atom is 0.230 e. The number of aromatic nitrogens is 3. The lowest BCUT2D eigenvalue weighted by atomic mass is 9.93. The Balaban J connectivity index is 2.19. The molecule has 2 aromatic rings. The van der Waals surface area contributed by atoms with Crippen LogP contribution in [-0.2, 0) is 5.41 Å². The summed E-state index contributed by atoms with van der Waals surface area (Å²) in [5, 5.41) is 14.5. The fourth-order valence-electron chi connectivity index (χ4n) is 1.25. The van der Waals surface area contributed by atoms with E-state index in [4.69, 9.17) is 5.26 Å².